The molecule has 1 aromatic carbocycles. The Hall–Kier alpha value is -0.900. The topological polar surface area (TPSA) is 32.7 Å². The third-order valence-corrected chi connectivity index (χ3v) is 4.71. The lowest BCUT2D eigenvalue weighted by Gasteiger charge is -2.33. The van der Waals surface area contributed by atoms with Gasteiger partial charge in [0.1, 0.15) is 0 Å². The lowest BCUT2D eigenvalue weighted by molar-refractivity contribution is -0.0497. The zero-order valence-electron chi connectivity index (χ0n) is 13.4. The fourth-order valence-corrected chi connectivity index (χ4v) is 3.40. The predicted molar refractivity (Wildman–Crippen MR) is 84.4 cm³/mol. The van der Waals surface area contributed by atoms with Crippen LogP contribution in [0.5, 0.6) is 0 Å². The van der Waals surface area contributed by atoms with E-state index < -0.39 is 6.10 Å². The van der Waals surface area contributed by atoms with Crippen LogP contribution in [0, 0.1) is 0 Å². The van der Waals surface area contributed by atoms with Crippen LogP contribution in [-0.2, 0) is 10.2 Å². The number of ether oxygens (including phenoxy) is 1. The van der Waals surface area contributed by atoms with E-state index in [0.717, 1.165) is 18.7 Å². The zero-order chi connectivity index (χ0) is 15.0. The Morgan fingerprint density at radius 1 is 1.14 bits per heavy atom. The molecule has 2 saturated heterocycles. The van der Waals surface area contributed by atoms with Crippen molar-refractivity contribution >= 4 is 0 Å². The van der Waals surface area contributed by atoms with Crippen molar-refractivity contribution in [3.05, 3.63) is 35.4 Å². The van der Waals surface area contributed by atoms with E-state index in [2.05, 4.69) is 49.9 Å². The summed E-state index contributed by atoms with van der Waals surface area (Å²) < 4.78 is 5.84. The maximum absolute atomic E-state index is 10.5. The van der Waals surface area contributed by atoms with Crippen molar-refractivity contribution in [3.8, 4) is 0 Å². The number of hydrogen-bond donors (Lipinski definition) is 1. The number of morpholine rings is 1. The molecule has 2 aliphatic rings. The molecule has 0 spiro atoms. The summed E-state index contributed by atoms with van der Waals surface area (Å²) in [5.74, 6) is 0. The van der Waals surface area contributed by atoms with Crippen molar-refractivity contribution in [2.45, 2.75) is 57.3 Å². The standard InChI is InChI=1S/C18H27NO2/c1-18(2,3)14-6-4-13(5-7-14)17(20)12-19-10-15-8-9-16(11-19)21-15/h4-7,15-17,20H,8-12H2,1-3H3. The van der Waals surface area contributed by atoms with Crippen molar-refractivity contribution in [1.82, 2.24) is 4.90 Å². The van der Waals surface area contributed by atoms with Crippen molar-refractivity contribution in [3.63, 3.8) is 0 Å². The number of fused-ring (bicyclic) bond motifs is 2. The molecule has 3 unspecified atom stereocenters. The lowest BCUT2D eigenvalue weighted by Crippen LogP contribution is -2.44. The molecule has 21 heavy (non-hydrogen) atoms. The van der Waals surface area contributed by atoms with Gasteiger partial charge in [-0.2, -0.15) is 0 Å². The van der Waals surface area contributed by atoms with Gasteiger partial charge < -0.3 is 9.84 Å². The molecule has 0 aliphatic carbocycles. The van der Waals surface area contributed by atoms with Crippen molar-refractivity contribution in [1.29, 1.82) is 0 Å². The first kappa shape index (κ1) is 15.0. The highest BCUT2D eigenvalue weighted by atomic mass is 16.5. The summed E-state index contributed by atoms with van der Waals surface area (Å²) in [4.78, 5) is 2.36. The van der Waals surface area contributed by atoms with Crippen LogP contribution in [0.15, 0.2) is 24.3 Å². The Balaban J connectivity index is 1.61. The van der Waals surface area contributed by atoms with Crippen molar-refractivity contribution in [2.75, 3.05) is 19.6 Å². The molecule has 3 nitrogen and oxygen atoms in total. The zero-order valence-corrected chi connectivity index (χ0v) is 13.4. The fraction of sp³-hybridized carbons (Fsp3) is 0.667. The van der Waals surface area contributed by atoms with Gasteiger partial charge >= 0.3 is 0 Å². The van der Waals surface area contributed by atoms with Gasteiger partial charge in [-0.3, -0.25) is 4.90 Å². The van der Waals surface area contributed by atoms with Crippen LogP contribution in [0.4, 0.5) is 0 Å². The Morgan fingerprint density at radius 2 is 1.71 bits per heavy atom. The van der Waals surface area contributed by atoms with Gasteiger partial charge in [0, 0.05) is 19.6 Å². The van der Waals surface area contributed by atoms with Gasteiger partial charge in [-0.1, -0.05) is 45.0 Å². The maximum Gasteiger partial charge on any atom is 0.0916 e. The van der Waals surface area contributed by atoms with Crippen LogP contribution in [0.3, 0.4) is 0 Å². The molecule has 0 radical (unpaired) electrons. The number of hydrogen-bond acceptors (Lipinski definition) is 3. The molecule has 3 heteroatoms. The monoisotopic (exact) mass is 289 g/mol. The lowest BCUT2D eigenvalue weighted by atomic mass is 9.86. The Morgan fingerprint density at radius 3 is 2.24 bits per heavy atom. The van der Waals surface area contributed by atoms with Gasteiger partial charge in [-0.05, 0) is 29.4 Å². The second kappa shape index (κ2) is 5.71. The van der Waals surface area contributed by atoms with Crippen molar-refractivity contribution in [2.24, 2.45) is 0 Å². The van der Waals surface area contributed by atoms with E-state index in [4.69, 9.17) is 4.74 Å². The fourth-order valence-electron chi connectivity index (χ4n) is 3.40. The van der Waals surface area contributed by atoms with Crippen LogP contribution in [0.25, 0.3) is 0 Å². The number of likely N-dealkylation sites (tertiary alicyclic amines) is 1. The minimum Gasteiger partial charge on any atom is -0.387 e. The van der Waals surface area contributed by atoms with Crippen LogP contribution in [0.1, 0.15) is 50.8 Å². The summed E-state index contributed by atoms with van der Waals surface area (Å²) in [6.07, 6.45) is 2.73. The Kier molecular flexibility index (Phi) is 4.08. The third kappa shape index (κ3) is 3.47. The highest BCUT2D eigenvalue weighted by Crippen LogP contribution is 2.28. The van der Waals surface area contributed by atoms with Crippen molar-refractivity contribution < 1.29 is 9.84 Å². The number of benzene rings is 1. The Bertz CT molecular complexity index is 465. The summed E-state index contributed by atoms with van der Waals surface area (Å²) >= 11 is 0. The van der Waals surface area contributed by atoms with E-state index in [1.165, 1.54) is 18.4 Å². The molecular formula is C18H27NO2. The highest BCUT2D eigenvalue weighted by molar-refractivity contribution is 5.28. The normalized spacial score (nSPS) is 27.8. The van der Waals surface area contributed by atoms with Gasteiger partial charge in [0.2, 0.25) is 0 Å². The average Bonchev–Trinajstić information content (AvgIpc) is 2.77. The first-order chi connectivity index (χ1) is 9.91. The molecule has 3 rings (SSSR count). The molecule has 0 saturated carbocycles. The maximum atomic E-state index is 10.5. The molecule has 2 bridgehead atoms. The first-order valence-corrected chi connectivity index (χ1v) is 8.08. The van der Waals surface area contributed by atoms with E-state index >= 15 is 0 Å². The number of aliphatic hydroxyl groups is 1. The molecule has 2 aliphatic heterocycles. The van der Waals surface area contributed by atoms with Crippen LogP contribution >= 0.6 is 0 Å². The second-order valence-electron chi connectivity index (χ2n) is 7.56. The van der Waals surface area contributed by atoms with Gasteiger partial charge in [0.25, 0.3) is 0 Å². The number of nitrogens with zero attached hydrogens (tertiary/aromatic N) is 1. The smallest absolute Gasteiger partial charge is 0.0916 e. The van der Waals surface area contributed by atoms with Gasteiger partial charge in [-0.25, -0.2) is 0 Å². The number of rotatable bonds is 3. The summed E-state index contributed by atoms with van der Waals surface area (Å²) in [5.41, 5.74) is 2.48. The van der Waals surface area contributed by atoms with Crippen LogP contribution in [0.2, 0.25) is 0 Å². The number of β-amino-alcohol motifs (C(OH)–C–C–N with tert-alkyl or cyclic N) is 1. The molecule has 1 N–H and O–H groups in total. The second-order valence-corrected chi connectivity index (χ2v) is 7.56. The van der Waals surface area contributed by atoms with Crippen LogP contribution in [-0.4, -0.2) is 41.8 Å². The predicted octanol–water partition coefficient (Wildman–Crippen LogP) is 2.88. The van der Waals surface area contributed by atoms with Crippen LogP contribution < -0.4 is 0 Å². The third-order valence-electron chi connectivity index (χ3n) is 4.71. The highest BCUT2D eigenvalue weighted by Gasteiger charge is 2.34. The minimum absolute atomic E-state index is 0.160. The largest absolute Gasteiger partial charge is 0.387 e. The molecule has 116 valence electrons. The molecule has 1 aromatic rings. The molecule has 2 heterocycles. The summed E-state index contributed by atoms with van der Waals surface area (Å²) in [7, 11) is 0. The Labute approximate surface area is 127 Å². The van der Waals surface area contributed by atoms with E-state index in [9.17, 15) is 5.11 Å². The quantitative estimate of drug-likeness (QED) is 0.928. The molecule has 3 atom stereocenters. The summed E-state index contributed by atoms with van der Waals surface area (Å²) in [6.45, 7) is 9.28. The number of aliphatic hydroxyl groups excluding tert-OH is 1. The van der Waals surface area contributed by atoms with Gasteiger partial charge in [0.05, 0.1) is 18.3 Å². The SMILES string of the molecule is CC(C)(C)c1ccc(C(O)CN2CC3CCC(C2)O3)cc1. The molecule has 0 aromatic heterocycles. The van der Waals surface area contributed by atoms with E-state index in [-0.39, 0.29) is 5.41 Å². The summed E-state index contributed by atoms with van der Waals surface area (Å²) in [6, 6.07) is 8.42. The van der Waals surface area contributed by atoms with E-state index in [0.29, 0.717) is 18.8 Å². The molecule has 2 fully saturated rings. The summed E-state index contributed by atoms with van der Waals surface area (Å²) in [5, 5.41) is 10.5. The minimum atomic E-state index is -0.406. The van der Waals surface area contributed by atoms with E-state index in [1.54, 1.807) is 0 Å². The first-order valence-electron chi connectivity index (χ1n) is 8.08. The van der Waals surface area contributed by atoms with Gasteiger partial charge in [0.15, 0.2) is 0 Å². The van der Waals surface area contributed by atoms with Gasteiger partial charge in [-0.15, -0.1) is 0 Å². The van der Waals surface area contributed by atoms with E-state index in [1.807, 2.05) is 0 Å². The average molecular weight is 289 g/mol. The molecule has 0 amide bonds. The molecular weight excluding hydrogens is 262 g/mol.